The molecule has 0 atom stereocenters. The Morgan fingerprint density at radius 2 is 0.686 bits per heavy atom. The normalized spacial score (nSPS) is 13.0. The van der Waals surface area contributed by atoms with Gasteiger partial charge in [-0.1, -0.05) is 158 Å². The molecule has 8 aromatic carbocycles. The summed E-state index contributed by atoms with van der Waals surface area (Å²) in [6, 6.07) is 61.5. The summed E-state index contributed by atoms with van der Waals surface area (Å²) in [4.78, 5) is 0. The Morgan fingerprint density at radius 1 is 0.314 bits per heavy atom. The molecule has 3 heteroatoms. The first-order valence-corrected chi connectivity index (χ1v) is 19.3. The maximum Gasteiger partial charge on any atom is 0.179 e. The van der Waals surface area contributed by atoms with Gasteiger partial charge < -0.3 is 9.13 Å². The Morgan fingerprint density at radius 3 is 1.16 bits per heavy atom. The van der Waals surface area contributed by atoms with E-state index in [-0.39, 0.29) is 29.9 Å². The Labute approximate surface area is 303 Å². The van der Waals surface area contributed by atoms with Crippen LogP contribution in [0.5, 0.6) is 0 Å². The van der Waals surface area contributed by atoms with Gasteiger partial charge in [-0.15, -0.1) is 0 Å². The fourth-order valence-electron chi connectivity index (χ4n) is 8.14. The molecule has 0 saturated carbocycles. The standard InChI is InChI=1S/C48H34N2Si/c1-4-16-37(17-5-1)51(38-18-6-2-7-19-38,39-20-8-3-9-21-39)40-31-28-35(29-32-40)49-47-27-15-12-24-43(47)44-34-36(30-33-48(44)49)50-45-25-13-10-22-41(45)42-23-11-14-26-46(42)50/h1-34H/i28D,29D,31D,32D. The second kappa shape index (κ2) is 11.9. The summed E-state index contributed by atoms with van der Waals surface area (Å²) in [5.41, 5.74) is 5.12. The molecule has 51 heavy (non-hydrogen) atoms. The predicted octanol–water partition coefficient (Wildman–Crippen LogP) is 9.26. The van der Waals surface area contributed by atoms with Crippen LogP contribution in [0.15, 0.2) is 206 Å². The molecule has 0 bridgehead atoms. The number of hydrogen-bond acceptors (Lipinski definition) is 0. The van der Waals surface area contributed by atoms with Gasteiger partial charge in [0.2, 0.25) is 0 Å². The van der Waals surface area contributed by atoms with Crippen LogP contribution in [0.3, 0.4) is 0 Å². The zero-order chi connectivity index (χ0) is 37.3. The zero-order valence-electron chi connectivity index (χ0n) is 31.7. The average molecular weight is 671 g/mol. The Hall–Kier alpha value is -6.42. The summed E-state index contributed by atoms with van der Waals surface area (Å²) >= 11 is 0. The molecule has 0 aliphatic heterocycles. The second-order valence-electron chi connectivity index (χ2n) is 13.0. The molecule has 2 nitrogen and oxygen atoms in total. The molecule has 2 heterocycles. The zero-order valence-corrected chi connectivity index (χ0v) is 28.7. The lowest BCUT2D eigenvalue weighted by Gasteiger charge is -2.34. The van der Waals surface area contributed by atoms with Crippen molar-refractivity contribution in [2.45, 2.75) is 0 Å². The van der Waals surface area contributed by atoms with Crippen molar-refractivity contribution in [3.05, 3.63) is 206 Å². The van der Waals surface area contributed by atoms with Gasteiger partial charge in [0.25, 0.3) is 0 Å². The summed E-state index contributed by atoms with van der Waals surface area (Å²) < 4.78 is 43.7. The van der Waals surface area contributed by atoms with Gasteiger partial charge in [0.05, 0.1) is 27.5 Å². The second-order valence-corrected chi connectivity index (χ2v) is 16.7. The van der Waals surface area contributed by atoms with Crippen LogP contribution >= 0.6 is 0 Å². The Bertz CT molecular complexity index is 2900. The smallest absolute Gasteiger partial charge is 0.179 e. The van der Waals surface area contributed by atoms with Gasteiger partial charge in [-0.3, -0.25) is 0 Å². The Kier molecular flexibility index (Phi) is 5.94. The lowest BCUT2D eigenvalue weighted by molar-refractivity contribution is 1.17. The minimum Gasteiger partial charge on any atom is -0.309 e. The number of para-hydroxylation sites is 3. The number of rotatable bonds is 6. The van der Waals surface area contributed by atoms with Gasteiger partial charge in [-0.05, 0) is 69.2 Å². The lowest BCUT2D eigenvalue weighted by Crippen LogP contribution is -2.74. The van der Waals surface area contributed by atoms with Gasteiger partial charge in [-0.2, -0.15) is 0 Å². The highest BCUT2D eigenvalue weighted by atomic mass is 28.3. The molecular weight excluding hydrogens is 633 g/mol. The highest BCUT2D eigenvalue weighted by Gasteiger charge is 2.41. The van der Waals surface area contributed by atoms with Crippen LogP contribution < -0.4 is 20.7 Å². The predicted molar refractivity (Wildman–Crippen MR) is 219 cm³/mol. The maximum absolute atomic E-state index is 9.91. The van der Waals surface area contributed by atoms with E-state index < -0.39 is 8.07 Å². The summed E-state index contributed by atoms with van der Waals surface area (Å²) in [7, 11) is -3.38. The van der Waals surface area contributed by atoms with Crippen molar-refractivity contribution in [1.29, 1.82) is 0 Å². The molecule has 0 spiro atoms. The fraction of sp³-hybridized carbons (Fsp3) is 0. The molecule has 0 fully saturated rings. The van der Waals surface area contributed by atoms with Crippen molar-refractivity contribution in [1.82, 2.24) is 9.13 Å². The lowest BCUT2D eigenvalue weighted by atomic mass is 10.1. The van der Waals surface area contributed by atoms with E-state index in [1.165, 1.54) is 10.8 Å². The van der Waals surface area contributed by atoms with Crippen molar-refractivity contribution in [2.24, 2.45) is 0 Å². The summed E-state index contributed by atoms with van der Waals surface area (Å²) in [5.74, 6) is 0. The monoisotopic (exact) mass is 670 g/mol. The first-order chi connectivity index (χ1) is 27.0. The van der Waals surface area contributed by atoms with Crippen LogP contribution in [0, 0.1) is 0 Å². The van der Waals surface area contributed by atoms with Gasteiger partial charge in [-0.25, -0.2) is 0 Å². The van der Waals surface area contributed by atoms with E-state index in [0.29, 0.717) is 5.19 Å². The molecule has 0 radical (unpaired) electrons. The number of aromatic nitrogens is 2. The van der Waals surface area contributed by atoms with Crippen molar-refractivity contribution >= 4 is 72.4 Å². The maximum atomic E-state index is 9.91. The average Bonchev–Trinajstić information content (AvgIpc) is 3.75. The van der Waals surface area contributed by atoms with Gasteiger partial charge >= 0.3 is 0 Å². The minimum atomic E-state index is -3.38. The SMILES string of the molecule is [2H]c1c([2H])c([Si](c2ccccc2)(c2ccccc2)c2ccccc2)c([2H])c([2H])c1-n1c2ccccc2c2cc(-n3c4ccccc4c4ccccc43)ccc21. The molecule has 240 valence electrons. The van der Waals surface area contributed by atoms with E-state index in [2.05, 4.69) is 114 Å². The number of benzene rings is 8. The quantitative estimate of drug-likeness (QED) is 0.123. The third kappa shape index (κ3) is 4.49. The molecule has 2 aromatic heterocycles. The van der Waals surface area contributed by atoms with Crippen molar-refractivity contribution in [2.75, 3.05) is 0 Å². The van der Waals surface area contributed by atoms with Crippen LogP contribution in [0.25, 0.3) is 55.0 Å². The highest BCUT2D eigenvalue weighted by Crippen LogP contribution is 2.36. The van der Waals surface area contributed by atoms with E-state index in [4.69, 9.17) is 0 Å². The van der Waals surface area contributed by atoms with Gasteiger partial charge in [0, 0.05) is 32.9 Å². The van der Waals surface area contributed by atoms with E-state index in [0.717, 1.165) is 54.1 Å². The van der Waals surface area contributed by atoms with E-state index >= 15 is 0 Å². The van der Waals surface area contributed by atoms with Crippen LogP contribution in [0.4, 0.5) is 0 Å². The Balaban J connectivity index is 1.27. The van der Waals surface area contributed by atoms with Crippen LogP contribution in [-0.2, 0) is 0 Å². The van der Waals surface area contributed by atoms with Crippen molar-refractivity contribution < 1.29 is 5.48 Å². The molecule has 10 aromatic rings. The molecule has 0 aliphatic carbocycles. The highest BCUT2D eigenvalue weighted by molar-refractivity contribution is 7.19. The molecule has 0 aliphatic rings. The largest absolute Gasteiger partial charge is 0.309 e. The summed E-state index contributed by atoms with van der Waals surface area (Å²) in [6.45, 7) is 0. The topological polar surface area (TPSA) is 9.86 Å². The van der Waals surface area contributed by atoms with Crippen LogP contribution in [0.2, 0.25) is 0 Å². The van der Waals surface area contributed by atoms with Crippen molar-refractivity contribution in [3.8, 4) is 11.4 Å². The summed E-state index contributed by atoms with van der Waals surface area (Å²) in [6.07, 6.45) is 0. The number of nitrogens with zero attached hydrogens (tertiary/aromatic N) is 2. The van der Waals surface area contributed by atoms with Crippen LogP contribution in [0.1, 0.15) is 5.48 Å². The first-order valence-electron chi connectivity index (χ1n) is 19.3. The van der Waals surface area contributed by atoms with Crippen molar-refractivity contribution in [3.63, 3.8) is 0 Å². The minimum absolute atomic E-state index is 0.0212. The first kappa shape index (κ1) is 25.5. The van der Waals surface area contributed by atoms with Gasteiger partial charge in [0.15, 0.2) is 8.07 Å². The number of hydrogen-bond donors (Lipinski definition) is 0. The molecule has 0 saturated heterocycles. The molecular formula is C48H34N2Si. The van der Waals surface area contributed by atoms with E-state index in [1.54, 1.807) is 0 Å². The number of fused-ring (bicyclic) bond motifs is 6. The molecule has 0 N–H and O–H groups in total. The van der Waals surface area contributed by atoms with E-state index in [1.807, 2.05) is 77.4 Å². The summed E-state index contributed by atoms with van der Waals surface area (Å²) in [5, 5.41) is 7.75. The van der Waals surface area contributed by atoms with E-state index in [9.17, 15) is 5.48 Å². The fourth-order valence-corrected chi connectivity index (χ4v) is 12.6. The third-order valence-electron chi connectivity index (χ3n) is 10.3. The third-order valence-corrected chi connectivity index (χ3v) is 14.9. The molecule has 10 rings (SSSR count). The van der Waals surface area contributed by atoms with Gasteiger partial charge in [0.1, 0.15) is 0 Å². The molecule has 0 amide bonds. The van der Waals surface area contributed by atoms with Crippen LogP contribution in [-0.4, -0.2) is 17.2 Å². The molecule has 0 unspecified atom stereocenters.